The molecule has 1 heterocycles. The fraction of sp³-hybridized carbons (Fsp3) is 0.158. The fourth-order valence-corrected chi connectivity index (χ4v) is 2.88. The predicted molar refractivity (Wildman–Crippen MR) is 97.9 cm³/mol. The van der Waals surface area contributed by atoms with Gasteiger partial charge in [-0.1, -0.05) is 29.3 Å². The molecule has 26 heavy (non-hydrogen) atoms. The van der Waals surface area contributed by atoms with E-state index in [0.717, 1.165) is 0 Å². The molecule has 0 saturated carbocycles. The molecular formula is C19H14Cl2O5. The van der Waals surface area contributed by atoms with Crippen molar-refractivity contribution in [3.05, 3.63) is 63.3 Å². The first-order chi connectivity index (χ1) is 12.4. The molecule has 1 aliphatic rings. The summed E-state index contributed by atoms with van der Waals surface area (Å²) in [6, 6.07) is 9.69. The summed E-state index contributed by atoms with van der Waals surface area (Å²) < 4.78 is 15.8. The zero-order valence-corrected chi connectivity index (χ0v) is 15.4. The Bertz CT molecular complexity index is 920. The Hall–Kier alpha value is -2.50. The second-order valence-corrected chi connectivity index (χ2v) is 6.39. The van der Waals surface area contributed by atoms with Crippen molar-refractivity contribution in [2.24, 2.45) is 0 Å². The molecule has 0 radical (unpaired) electrons. The number of ether oxygens (including phenoxy) is 3. The number of benzene rings is 2. The highest BCUT2D eigenvalue weighted by molar-refractivity contribution is 6.35. The highest BCUT2D eigenvalue weighted by atomic mass is 35.5. The van der Waals surface area contributed by atoms with Crippen LogP contribution in [0.2, 0.25) is 10.0 Å². The minimum atomic E-state index is -0.780. The number of carbonyl (C=O) groups is 2. The molecule has 7 heteroatoms. The van der Waals surface area contributed by atoms with Crippen LogP contribution in [0, 0.1) is 0 Å². The highest BCUT2D eigenvalue weighted by Gasteiger charge is 2.28. The number of allylic oxidation sites excluding steroid dienone is 1. The number of carbonyl (C=O) groups excluding carboxylic acids is 2. The van der Waals surface area contributed by atoms with Crippen molar-refractivity contribution in [1.82, 2.24) is 0 Å². The average molecular weight is 393 g/mol. The number of hydrogen-bond donors (Lipinski definition) is 0. The van der Waals surface area contributed by atoms with Crippen LogP contribution in [0.5, 0.6) is 11.5 Å². The second kappa shape index (κ2) is 7.40. The van der Waals surface area contributed by atoms with E-state index in [4.69, 9.17) is 32.7 Å². The molecule has 134 valence electrons. The minimum Gasteiger partial charge on any atom is -0.479 e. The number of rotatable bonds is 4. The molecule has 1 aliphatic heterocycles. The zero-order valence-electron chi connectivity index (χ0n) is 13.9. The van der Waals surface area contributed by atoms with E-state index < -0.39 is 12.1 Å². The zero-order chi connectivity index (χ0) is 18.8. The topological polar surface area (TPSA) is 61.8 Å². The number of methoxy groups -OCH3 is 1. The quantitative estimate of drug-likeness (QED) is 0.564. The standard InChI is InChI=1S/C19H14Cl2O5/c1-10(19(23)24-2)25-13-5-6-14-16(9-13)26-17(18(14)22)7-11-3-4-12(20)8-15(11)21/h3-10H,1-2H3/t10-/m0/s1. The molecule has 3 rings (SSSR count). The molecule has 2 aromatic rings. The van der Waals surface area contributed by atoms with E-state index in [1.807, 2.05) is 0 Å². The lowest BCUT2D eigenvalue weighted by molar-refractivity contribution is -0.147. The number of ketones is 1. The van der Waals surface area contributed by atoms with Crippen LogP contribution in [-0.4, -0.2) is 25.0 Å². The Morgan fingerprint density at radius 3 is 2.65 bits per heavy atom. The maximum atomic E-state index is 12.5. The van der Waals surface area contributed by atoms with Crippen LogP contribution >= 0.6 is 23.2 Å². The van der Waals surface area contributed by atoms with Crippen molar-refractivity contribution in [2.45, 2.75) is 13.0 Å². The molecular weight excluding hydrogens is 379 g/mol. The van der Waals surface area contributed by atoms with Gasteiger partial charge in [-0.3, -0.25) is 4.79 Å². The van der Waals surface area contributed by atoms with Crippen LogP contribution < -0.4 is 9.47 Å². The Morgan fingerprint density at radius 2 is 1.96 bits per heavy atom. The molecule has 0 aliphatic carbocycles. The van der Waals surface area contributed by atoms with Gasteiger partial charge in [0.1, 0.15) is 11.5 Å². The van der Waals surface area contributed by atoms with Crippen LogP contribution in [0.1, 0.15) is 22.8 Å². The fourth-order valence-electron chi connectivity index (χ4n) is 2.42. The number of hydrogen-bond acceptors (Lipinski definition) is 5. The van der Waals surface area contributed by atoms with E-state index in [1.165, 1.54) is 7.11 Å². The van der Waals surface area contributed by atoms with Gasteiger partial charge < -0.3 is 14.2 Å². The van der Waals surface area contributed by atoms with Crippen molar-refractivity contribution < 1.29 is 23.8 Å². The van der Waals surface area contributed by atoms with Gasteiger partial charge in [-0.2, -0.15) is 0 Å². The first kappa shape index (κ1) is 18.3. The lowest BCUT2D eigenvalue weighted by Crippen LogP contribution is -2.24. The predicted octanol–water partition coefficient (Wildman–Crippen LogP) is 4.55. The molecule has 2 aromatic carbocycles. The normalized spacial score (nSPS) is 15.4. The van der Waals surface area contributed by atoms with Gasteiger partial charge in [0.05, 0.1) is 12.7 Å². The molecule has 0 saturated heterocycles. The largest absolute Gasteiger partial charge is 0.479 e. The number of esters is 1. The molecule has 0 fully saturated rings. The maximum Gasteiger partial charge on any atom is 0.346 e. The van der Waals surface area contributed by atoms with Gasteiger partial charge in [0.15, 0.2) is 11.9 Å². The molecule has 0 unspecified atom stereocenters. The Morgan fingerprint density at radius 1 is 1.19 bits per heavy atom. The maximum absolute atomic E-state index is 12.5. The van der Waals surface area contributed by atoms with Crippen molar-refractivity contribution in [3.63, 3.8) is 0 Å². The van der Waals surface area contributed by atoms with E-state index in [-0.39, 0.29) is 11.5 Å². The third kappa shape index (κ3) is 3.69. The summed E-state index contributed by atoms with van der Waals surface area (Å²) in [5.41, 5.74) is 1.02. The molecule has 5 nitrogen and oxygen atoms in total. The third-order valence-corrected chi connectivity index (χ3v) is 4.30. The van der Waals surface area contributed by atoms with Crippen molar-refractivity contribution in [1.29, 1.82) is 0 Å². The summed E-state index contributed by atoms with van der Waals surface area (Å²) in [5, 5.41) is 0.911. The summed E-state index contributed by atoms with van der Waals surface area (Å²) in [6.07, 6.45) is 0.775. The van der Waals surface area contributed by atoms with Gasteiger partial charge in [-0.05, 0) is 42.8 Å². The van der Waals surface area contributed by atoms with Crippen LogP contribution in [0.3, 0.4) is 0 Å². The van der Waals surface area contributed by atoms with Gasteiger partial charge in [-0.15, -0.1) is 0 Å². The van der Waals surface area contributed by atoms with Crippen molar-refractivity contribution in [3.8, 4) is 11.5 Å². The lowest BCUT2D eigenvalue weighted by atomic mass is 10.1. The van der Waals surface area contributed by atoms with Gasteiger partial charge in [0.25, 0.3) is 0 Å². The first-order valence-electron chi connectivity index (χ1n) is 7.67. The molecule has 0 amide bonds. The van der Waals surface area contributed by atoms with Gasteiger partial charge in [-0.25, -0.2) is 4.79 Å². The average Bonchev–Trinajstić information content (AvgIpc) is 2.92. The number of halogens is 2. The monoisotopic (exact) mass is 392 g/mol. The van der Waals surface area contributed by atoms with Crippen molar-refractivity contribution in [2.75, 3.05) is 7.11 Å². The summed E-state index contributed by atoms with van der Waals surface area (Å²) in [7, 11) is 1.28. The van der Waals surface area contributed by atoms with E-state index in [9.17, 15) is 9.59 Å². The lowest BCUT2D eigenvalue weighted by Gasteiger charge is -2.12. The second-order valence-electron chi connectivity index (χ2n) is 5.55. The van der Waals surface area contributed by atoms with Crippen LogP contribution in [0.25, 0.3) is 6.08 Å². The summed E-state index contributed by atoms with van der Waals surface area (Å²) in [5.74, 6) is 0.113. The summed E-state index contributed by atoms with van der Waals surface area (Å²) in [4.78, 5) is 23.9. The molecule has 0 bridgehead atoms. The highest BCUT2D eigenvalue weighted by Crippen LogP contribution is 2.36. The first-order valence-corrected chi connectivity index (χ1v) is 8.42. The smallest absolute Gasteiger partial charge is 0.346 e. The van der Waals surface area contributed by atoms with Gasteiger partial charge in [0.2, 0.25) is 5.78 Å². The summed E-state index contributed by atoms with van der Waals surface area (Å²) >= 11 is 12.0. The molecule has 0 aromatic heterocycles. The van der Waals surface area contributed by atoms with E-state index in [0.29, 0.717) is 32.7 Å². The Kier molecular flexibility index (Phi) is 5.20. The molecule has 1 atom stereocenters. The summed E-state index contributed by atoms with van der Waals surface area (Å²) in [6.45, 7) is 1.57. The Labute approximate surface area is 160 Å². The van der Waals surface area contributed by atoms with E-state index >= 15 is 0 Å². The van der Waals surface area contributed by atoms with Crippen molar-refractivity contribution >= 4 is 41.0 Å². The van der Waals surface area contributed by atoms with Crippen LogP contribution in [-0.2, 0) is 9.53 Å². The van der Waals surface area contributed by atoms with E-state index in [2.05, 4.69) is 4.74 Å². The Balaban J connectivity index is 1.85. The van der Waals surface area contributed by atoms with Gasteiger partial charge >= 0.3 is 5.97 Å². The number of fused-ring (bicyclic) bond motifs is 1. The van der Waals surface area contributed by atoms with Crippen LogP contribution in [0.4, 0.5) is 0 Å². The molecule has 0 N–H and O–H groups in total. The van der Waals surface area contributed by atoms with E-state index in [1.54, 1.807) is 49.4 Å². The van der Waals surface area contributed by atoms with Gasteiger partial charge in [0, 0.05) is 16.1 Å². The minimum absolute atomic E-state index is 0.141. The number of Topliss-reactive ketones (excluding diaryl/α,β-unsaturated/α-hetero) is 1. The third-order valence-electron chi connectivity index (χ3n) is 3.74. The SMILES string of the molecule is COC(=O)[C@H](C)Oc1ccc2c(c1)OC(=Cc1ccc(Cl)cc1Cl)C2=O. The van der Waals surface area contributed by atoms with Crippen LogP contribution in [0.15, 0.2) is 42.2 Å². The molecule has 0 spiro atoms.